The lowest BCUT2D eigenvalue weighted by Crippen LogP contribution is -2.13. The number of carboxylic acid groups (broad SMARTS) is 1. The normalized spacial score (nSPS) is 11.9. The Morgan fingerprint density at radius 3 is 2.67 bits per heavy atom. The van der Waals surface area contributed by atoms with Crippen LogP contribution in [0, 0.1) is 0 Å². The molecule has 2 aromatic rings. The minimum Gasteiger partial charge on any atom is -0.480 e. The molecule has 0 aliphatic carbocycles. The number of carboxylic acids is 1. The zero-order valence-electron chi connectivity index (χ0n) is 10.7. The average molecular weight is 264 g/mol. The van der Waals surface area contributed by atoms with Crippen LogP contribution in [0.5, 0.6) is 0 Å². The lowest BCUT2D eigenvalue weighted by atomic mass is 10.3. The molecule has 0 radical (unpaired) electrons. The van der Waals surface area contributed by atoms with E-state index in [2.05, 4.69) is 25.8 Å². The Morgan fingerprint density at radius 2 is 2.06 bits per heavy atom. The molecular formula is C13H16N2O2S. The van der Waals surface area contributed by atoms with E-state index in [-0.39, 0.29) is 11.3 Å². The van der Waals surface area contributed by atoms with Crippen molar-refractivity contribution in [2.24, 2.45) is 0 Å². The number of imidazole rings is 1. The van der Waals surface area contributed by atoms with Gasteiger partial charge in [-0.1, -0.05) is 44.7 Å². The summed E-state index contributed by atoms with van der Waals surface area (Å²) in [7, 11) is 0. The third-order valence-corrected chi connectivity index (χ3v) is 3.42. The standard InChI is InChI=1S/C13H16N2O2S/c1-13(2,3)18-12-14-9-6-4-5-7-10(9)15(12)8-11(16)17/h4-7H,8H2,1-3H3,(H,16,17). The molecule has 0 bridgehead atoms. The summed E-state index contributed by atoms with van der Waals surface area (Å²) < 4.78 is 1.76. The first-order valence-corrected chi connectivity index (χ1v) is 6.54. The van der Waals surface area contributed by atoms with Gasteiger partial charge >= 0.3 is 5.97 Å². The van der Waals surface area contributed by atoms with Gasteiger partial charge in [-0.05, 0) is 12.1 Å². The Morgan fingerprint density at radius 1 is 1.39 bits per heavy atom. The summed E-state index contributed by atoms with van der Waals surface area (Å²) >= 11 is 1.58. The molecular weight excluding hydrogens is 248 g/mol. The molecule has 5 heteroatoms. The van der Waals surface area contributed by atoms with Gasteiger partial charge in [0, 0.05) is 4.75 Å². The van der Waals surface area contributed by atoms with Gasteiger partial charge in [0.2, 0.25) is 0 Å². The third kappa shape index (κ3) is 2.85. The van der Waals surface area contributed by atoms with E-state index >= 15 is 0 Å². The number of carbonyl (C=O) groups is 1. The fourth-order valence-electron chi connectivity index (χ4n) is 1.69. The van der Waals surface area contributed by atoms with Crippen LogP contribution in [-0.4, -0.2) is 25.4 Å². The predicted octanol–water partition coefficient (Wildman–Crippen LogP) is 3.01. The van der Waals surface area contributed by atoms with E-state index in [4.69, 9.17) is 5.11 Å². The maximum Gasteiger partial charge on any atom is 0.323 e. The molecule has 0 aliphatic rings. The highest BCUT2D eigenvalue weighted by atomic mass is 32.2. The van der Waals surface area contributed by atoms with Crippen molar-refractivity contribution in [3.05, 3.63) is 24.3 Å². The maximum atomic E-state index is 11.0. The zero-order chi connectivity index (χ0) is 13.3. The Labute approximate surface area is 110 Å². The molecule has 1 heterocycles. The maximum absolute atomic E-state index is 11.0. The summed E-state index contributed by atoms with van der Waals surface area (Å²) in [5.74, 6) is -0.853. The van der Waals surface area contributed by atoms with Crippen LogP contribution >= 0.6 is 11.8 Å². The van der Waals surface area contributed by atoms with Crippen LogP contribution in [0.3, 0.4) is 0 Å². The number of aromatic nitrogens is 2. The van der Waals surface area contributed by atoms with Crippen molar-refractivity contribution in [2.75, 3.05) is 0 Å². The number of para-hydroxylation sites is 2. The number of rotatable bonds is 3. The second-order valence-corrected chi connectivity index (χ2v) is 6.87. The van der Waals surface area contributed by atoms with E-state index in [0.29, 0.717) is 0 Å². The van der Waals surface area contributed by atoms with Gasteiger partial charge in [-0.3, -0.25) is 4.79 Å². The second kappa shape index (κ2) is 4.65. The topological polar surface area (TPSA) is 55.1 Å². The first-order valence-electron chi connectivity index (χ1n) is 5.73. The minimum atomic E-state index is -0.853. The van der Waals surface area contributed by atoms with E-state index in [0.717, 1.165) is 16.2 Å². The number of nitrogens with zero attached hydrogens (tertiary/aromatic N) is 2. The SMILES string of the molecule is CC(C)(C)Sc1nc2ccccc2n1CC(=O)O. The Hall–Kier alpha value is -1.49. The largest absolute Gasteiger partial charge is 0.480 e. The van der Waals surface area contributed by atoms with Gasteiger partial charge in [0.15, 0.2) is 5.16 Å². The Balaban J connectivity index is 2.53. The second-order valence-electron chi connectivity index (χ2n) is 5.08. The van der Waals surface area contributed by atoms with Gasteiger partial charge in [0.25, 0.3) is 0 Å². The summed E-state index contributed by atoms with van der Waals surface area (Å²) in [6.07, 6.45) is 0. The summed E-state index contributed by atoms with van der Waals surface area (Å²) in [4.78, 5) is 15.5. The van der Waals surface area contributed by atoms with Crippen molar-refractivity contribution in [3.63, 3.8) is 0 Å². The molecule has 1 aromatic heterocycles. The van der Waals surface area contributed by atoms with Crippen LogP contribution in [0.4, 0.5) is 0 Å². The molecule has 0 saturated carbocycles. The summed E-state index contributed by atoms with van der Waals surface area (Å²) in [6, 6.07) is 7.61. The molecule has 0 aliphatic heterocycles. The third-order valence-electron chi connectivity index (χ3n) is 2.31. The van der Waals surface area contributed by atoms with Crippen molar-refractivity contribution in [1.82, 2.24) is 9.55 Å². The lowest BCUT2D eigenvalue weighted by Gasteiger charge is -2.17. The van der Waals surface area contributed by atoms with E-state index in [1.807, 2.05) is 24.3 Å². The van der Waals surface area contributed by atoms with Crippen molar-refractivity contribution in [1.29, 1.82) is 0 Å². The van der Waals surface area contributed by atoms with Crippen LogP contribution in [0.1, 0.15) is 20.8 Å². The van der Waals surface area contributed by atoms with E-state index in [1.165, 1.54) is 0 Å². The number of benzene rings is 1. The predicted molar refractivity (Wildman–Crippen MR) is 73.0 cm³/mol. The summed E-state index contributed by atoms with van der Waals surface area (Å²) in [5, 5.41) is 9.77. The molecule has 4 nitrogen and oxygen atoms in total. The van der Waals surface area contributed by atoms with Gasteiger partial charge < -0.3 is 9.67 Å². The van der Waals surface area contributed by atoms with Crippen molar-refractivity contribution in [2.45, 2.75) is 37.2 Å². The highest BCUT2D eigenvalue weighted by Crippen LogP contribution is 2.33. The number of aliphatic carboxylic acids is 1. The molecule has 1 aromatic carbocycles. The van der Waals surface area contributed by atoms with E-state index < -0.39 is 5.97 Å². The average Bonchev–Trinajstić information content (AvgIpc) is 2.54. The van der Waals surface area contributed by atoms with Crippen LogP contribution in [0.2, 0.25) is 0 Å². The van der Waals surface area contributed by atoms with Crippen LogP contribution in [0.25, 0.3) is 11.0 Å². The zero-order valence-corrected chi connectivity index (χ0v) is 11.5. The van der Waals surface area contributed by atoms with Gasteiger partial charge in [-0.25, -0.2) is 4.98 Å². The minimum absolute atomic E-state index is 0.00235. The van der Waals surface area contributed by atoms with Crippen LogP contribution in [0.15, 0.2) is 29.4 Å². The van der Waals surface area contributed by atoms with Gasteiger partial charge in [-0.15, -0.1) is 0 Å². The van der Waals surface area contributed by atoms with E-state index in [9.17, 15) is 4.79 Å². The molecule has 96 valence electrons. The molecule has 2 rings (SSSR count). The quantitative estimate of drug-likeness (QED) is 0.866. The number of hydrogen-bond donors (Lipinski definition) is 1. The number of fused-ring (bicyclic) bond motifs is 1. The first-order chi connectivity index (χ1) is 8.37. The smallest absolute Gasteiger partial charge is 0.323 e. The lowest BCUT2D eigenvalue weighted by molar-refractivity contribution is -0.137. The number of thioether (sulfide) groups is 1. The van der Waals surface area contributed by atoms with Crippen LogP contribution < -0.4 is 0 Å². The van der Waals surface area contributed by atoms with Gasteiger partial charge in [-0.2, -0.15) is 0 Å². The fourth-order valence-corrected chi connectivity index (χ4v) is 2.66. The van der Waals surface area contributed by atoms with Gasteiger partial charge in [0.1, 0.15) is 6.54 Å². The molecule has 18 heavy (non-hydrogen) atoms. The molecule has 1 N–H and O–H groups in total. The van der Waals surface area contributed by atoms with Gasteiger partial charge in [0.05, 0.1) is 11.0 Å². The first kappa shape index (κ1) is 13.0. The fraction of sp³-hybridized carbons (Fsp3) is 0.385. The van der Waals surface area contributed by atoms with Crippen molar-refractivity contribution < 1.29 is 9.90 Å². The molecule has 0 unspecified atom stereocenters. The molecule has 0 atom stereocenters. The molecule has 0 amide bonds. The Kier molecular flexibility index (Phi) is 3.34. The highest BCUT2D eigenvalue weighted by molar-refractivity contribution is 8.00. The van der Waals surface area contributed by atoms with Crippen molar-refractivity contribution >= 4 is 28.8 Å². The Bertz CT molecular complexity index is 584. The molecule has 0 fully saturated rings. The highest BCUT2D eigenvalue weighted by Gasteiger charge is 2.19. The number of hydrogen-bond acceptors (Lipinski definition) is 3. The van der Waals surface area contributed by atoms with Crippen LogP contribution in [-0.2, 0) is 11.3 Å². The summed E-state index contributed by atoms with van der Waals surface area (Å²) in [5.41, 5.74) is 1.71. The monoisotopic (exact) mass is 264 g/mol. The molecule has 0 saturated heterocycles. The van der Waals surface area contributed by atoms with E-state index in [1.54, 1.807) is 16.3 Å². The molecule has 0 spiro atoms. The van der Waals surface area contributed by atoms with Crippen molar-refractivity contribution in [3.8, 4) is 0 Å². The summed E-state index contributed by atoms with van der Waals surface area (Å²) in [6.45, 7) is 6.20.